The third-order valence-corrected chi connectivity index (χ3v) is 24.2. The van der Waals surface area contributed by atoms with Crippen molar-refractivity contribution in [2.45, 2.75) is 147 Å². The standard InChI is InChI=1S/C45H36N4O2.C37H38B2O4.C10H11BrN2O/c1-43(2)25-50-41(48-43)31-17-29(21-46-23-31)27-13-15-35-36-16-14-28(30-18-32(24-47-22-30)42-49-44(3,4)26-51-42)20-40(36)45(39(35)19-27)37-11-7-5-9-33(37)34-10-6-8-12-38(34)45;1-33(2)34(3,4)41-38(40-33)23-17-19-27-28-20-18-24(39-42-35(5,6)36(7,8)43-39)22-32(28)37(31(27)21-23)29-15-11-9-13-25(29)26-14-10-12-16-30(26)37;1-10(2)6-14-9(13-10)7-3-8(11)5-12-4-7/h5-24H,25-26H2,1-4H3;9-22H,1-8H3;3-5H,6H2,1-2H3. The Bertz CT molecular complexity index is 5340. The van der Waals surface area contributed by atoms with Gasteiger partial charge in [0.2, 0.25) is 17.7 Å². The fourth-order valence-electron chi connectivity index (χ4n) is 17.1. The summed E-state index contributed by atoms with van der Waals surface area (Å²) >= 11 is 3.36. The second-order valence-electron chi connectivity index (χ2n) is 33.9. The Kier molecular flexibility index (Phi) is 16.0. The lowest BCUT2D eigenvalue weighted by molar-refractivity contribution is 0.00578. The molecule has 4 aliphatic carbocycles. The van der Waals surface area contributed by atoms with Crippen LogP contribution in [0.3, 0.4) is 0 Å². The van der Waals surface area contributed by atoms with Gasteiger partial charge in [0.1, 0.15) is 19.8 Å². The van der Waals surface area contributed by atoms with Gasteiger partial charge in [-0.25, -0.2) is 15.0 Å². The van der Waals surface area contributed by atoms with Gasteiger partial charge >= 0.3 is 14.2 Å². The summed E-state index contributed by atoms with van der Waals surface area (Å²) in [5.41, 5.74) is 26.1. The van der Waals surface area contributed by atoms with E-state index in [2.05, 4.69) is 301 Å². The van der Waals surface area contributed by atoms with Gasteiger partial charge in [-0.2, -0.15) is 0 Å². The second-order valence-corrected chi connectivity index (χ2v) is 34.8. The number of halogens is 1. The van der Waals surface area contributed by atoms with Crippen LogP contribution < -0.4 is 10.9 Å². The molecule has 16 heteroatoms. The highest BCUT2D eigenvalue weighted by Crippen LogP contribution is 2.65. The molecule has 20 rings (SSSR count). The van der Waals surface area contributed by atoms with E-state index in [0.29, 0.717) is 37.5 Å². The monoisotopic (exact) mass is 1490 g/mol. The van der Waals surface area contributed by atoms with E-state index in [1.807, 2.05) is 44.7 Å². The van der Waals surface area contributed by atoms with E-state index < -0.39 is 47.5 Å². The molecule has 8 heterocycles. The summed E-state index contributed by atoms with van der Waals surface area (Å²) in [5.74, 6) is 1.99. The van der Waals surface area contributed by atoms with Crippen LogP contribution in [0.2, 0.25) is 0 Å². The molecule has 0 radical (unpaired) electrons. The number of pyridine rings is 3. The number of aromatic nitrogens is 3. The van der Waals surface area contributed by atoms with Crippen LogP contribution in [-0.2, 0) is 43.7 Å². The van der Waals surface area contributed by atoms with E-state index >= 15 is 0 Å². The SMILES string of the molecule is CC1(C)COC(c2cncc(-c3ccc4c(c3)C3(c5ccccc5-c5ccccc53)c3cc(-c5cncc(C6=NC(C)(C)CO6)c5)ccc3-4)c2)=N1.CC1(C)COC(c2cncc(Br)c2)=N1.CC1(C)OB(c2ccc3c(c2)C2(c4ccccc4-c4ccccc42)c2cc(B4OC(C)(C)C(C)(C)O4)ccc2-3)OC1(C)C. The van der Waals surface area contributed by atoms with Gasteiger partial charge in [0.25, 0.3) is 0 Å². The van der Waals surface area contributed by atoms with Crippen molar-refractivity contribution in [1.82, 2.24) is 15.0 Å². The first-order chi connectivity index (χ1) is 51.5. The van der Waals surface area contributed by atoms with Gasteiger partial charge in [0, 0.05) is 52.8 Å². The minimum Gasteiger partial charge on any atom is -0.475 e. The van der Waals surface area contributed by atoms with Crippen LogP contribution in [0.5, 0.6) is 0 Å². The fraction of sp³-hybridized carbons (Fsp3) is 0.283. The van der Waals surface area contributed by atoms with Crippen molar-refractivity contribution in [3.8, 4) is 66.8 Å². The minimum atomic E-state index is -0.509. The zero-order valence-corrected chi connectivity index (χ0v) is 65.1. The summed E-state index contributed by atoms with van der Waals surface area (Å²) in [6.45, 7) is 31.1. The first-order valence-corrected chi connectivity index (χ1v) is 38.2. The summed E-state index contributed by atoms with van der Waals surface area (Å²) in [5, 5.41) is 0. The van der Waals surface area contributed by atoms with Crippen LogP contribution in [-0.4, -0.2) is 106 Å². The molecule has 2 spiro atoms. The first kappa shape index (κ1) is 69.8. The predicted molar refractivity (Wildman–Crippen MR) is 435 cm³/mol. The second kappa shape index (κ2) is 24.8. The predicted octanol–water partition coefficient (Wildman–Crippen LogP) is 18.3. The van der Waals surface area contributed by atoms with Crippen molar-refractivity contribution in [2.75, 3.05) is 19.8 Å². The summed E-state index contributed by atoms with van der Waals surface area (Å²) in [7, 11) is -0.883. The summed E-state index contributed by atoms with van der Waals surface area (Å²) in [4.78, 5) is 27.5. The molecule has 2 fully saturated rings. The van der Waals surface area contributed by atoms with Crippen molar-refractivity contribution in [3.63, 3.8) is 0 Å². The summed E-state index contributed by atoms with van der Waals surface area (Å²) < 4.78 is 44.6. The lowest BCUT2D eigenvalue weighted by Crippen LogP contribution is -2.41. The molecular weight excluding hydrogens is 1400 g/mol. The van der Waals surface area contributed by atoms with E-state index in [-0.39, 0.29) is 16.6 Å². The number of fused-ring (bicyclic) bond motifs is 20. The van der Waals surface area contributed by atoms with Crippen LogP contribution >= 0.6 is 15.9 Å². The Hall–Kier alpha value is -9.93. The molecule has 13 nitrogen and oxygen atoms in total. The van der Waals surface area contributed by atoms with E-state index in [1.165, 1.54) is 89.0 Å². The summed E-state index contributed by atoms with van der Waals surface area (Å²) in [6, 6.07) is 69.2. The molecule has 0 unspecified atom stereocenters. The third-order valence-electron chi connectivity index (χ3n) is 23.8. The molecule has 2 saturated heterocycles. The number of rotatable bonds is 7. The van der Waals surface area contributed by atoms with Gasteiger partial charge in [-0.1, -0.05) is 158 Å². The molecule has 8 aromatic carbocycles. The molecule has 0 N–H and O–H groups in total. The Labute approximate surface area is 641 Å². The Morgan fingerprint density at radius 1 is 0.278 bits per heavy atom. The molecule has 0 amide bonds. The lowest BCUT2D eigenvalue weighted by Gasteiger charge is -2.32. The Morgan fingerprint density at radius 2 is 0.556 bits per heavy atom. The average molecular weight is 1490 g/mol. The lowest BCUT2D eigenvalue weighted by atomic mass is 9.67. The van der Waals surface area contributed by atoms with Gasteiger partial charge < -0.3 is 32.8 Å². The first-order valence-electron chi connectivity index (χ1n) is 37.4. The zero-order valence-electron chi connectivity index (χ0n) is 63.6. The van der Waals surface area contributed by atoms with Crippen molar-refractivity contribution in [1.29, 1.82) is 0 Å². The molecule has 9 aliphatic rings. The van der Waals surface area contributed by atoms with Gasteiger partial charge in [0.05, 0.1) is 66.5 Å². The molecule has 0 saturated carbocycles. The number of aliphatic imine (C=N–C) groups is 3. The van der Waals surface area contributed by atoms with E-state index in [0.717, 1.165) is 54.3 Å². The Morgan fingerprint density at radius 3 is 0.870 bits per heavy atom. The number of nitrogens with zero attached hydrogens (tertiary/aromatic N) is 6. The zero-order chi connectivity index (χ0) is 74.9. The van der Waals surface area contributed by atoms with Gasteiger partial charge in [0.15, 0.2) is 0 Å². The molecule has 3 aromatic heterocycles. The van der Waals surface area contributed by atoms with E-state index in [9.17, 15) is 0 Å². The van der Waals surface area contributed by atoms with Crippen LogP contribution in [0, 0.1) is 0 Å². The highest BCUT2D eigenvalue weighted by atomic mass is 79.9. The maximum absolute atomic E-state index is 6.55. The van der Waals surface area contributed by atoms with E-state index in [4.69, 9.17) is 42.8 Å². The molecule has 0 bridgehead atoms. The average Bonchev–Trinajstić information content (AvgIpc) is 1.51. The quantitative estimate of drug-likeness (QED) is 0.142. The van der Waals surface area contributed by atoms with Crippen LogP contribution in [0.25, 0.3) is 66.8 Å². The minimum absolute atomic E-state index is 0.113. The molecule has 5 aliphatic heterocycles. The molecule has 11 aromatic rings. The Balaban J connectivity index is 0.000000130. The number of ether oxygens (including phenoxy) is 3. The molecular formula is C92H85B2BrN6O7. The van der Waals surface area contributed by atoms with Gasteiger partial charge in [-0.15, -0.1) is 0 Å². The largest absolute Gasteiger partial charge is 0.494 e. The van der Waals surface area contributed by atoms with Crippen LogP contribution in [0.15, 0.2) is 245 Å². The number of benzene rings is 8. The van der Waals surface area contributed by atoms with Crippen molar-refractivity contribution < 1.29 is 32.8 Å². The number of hydrogen-bond acceptors (Lipinski definition) is 13. The normalized spacial score (nSPS) is 19.8. The van der Waals surface area contributed by atoms with Crippen molar-refractivity contribution in [3.05, 3.63) is 291 Å². The maximum atomic E-state index is 6.55. The summed E-state index contributed by atoms with van der Waals surface area (Å²) in [6.07, 6.45) is 11.1. The highest BCUT2D eigenvalue weighted by molar-refractivity contribution is 9.10. The van der Waals surface area contributed by atoms with Crippen LogP contribution in [0.1, 0.15) is 158 Å². The van der Waals surface area contributed by atoms with Gasteiger partial charge in [-0.05, 0) is 254 Å². The molecule has 538 valence electrons. The number of hydrogen-bond donors (Lipinski definition) is 0. The van der Waals surface area contributed by atoms with Gasteiger partial charge in [-0.3, -0.25) is 15.0 Å². The molecule has 0 atom stereocenters. The fourth-order valence-corrected chi connectivity index (χ4v) is 17.4. The maximum Gasteiger partial charge on any atom is 0.494 e. The topological polar surface area (TPSA) is 140 Å². The smallest absolute Gasteiger partial charge is 0.475 e. The third kappa shape index (κ3) is 11.1. The van der Waals surface area contributed by atoms with E-state index in [1.54, 1.807) is 12.4 Å². The van der Waals surface area contributed by atoms with Crippen molar-refractivity contribution >= 4 is 58.8 Å². The highest BCUT2D eigenvalue weighted by Gasteiger charge is 2.58. The van der Waals surface area contributed by atoms with Crippen molar-refractivity contribution in [2.24, 2.45) is 15.0 Å². The van der Waals surface area contributed by atoms with Crippen LogP contribution in [0.4, 0.5) is 0 Å². The molecule has 108 heavy (non-hydrogen) atoms.